The summed E-state index contributed by atoms with van der Waals surface area (Å²) < 4.78 is 67.8. The SMILES string of the molecule is CC(C)[C@H](NC(=O)[C@H](CCCCNC(=O)Cn1cc(COCCOCCOCCOCCOCCOCCOCCOCCOCCOCCOCCOCCN(C[C@H](O)[C@@H](O)[C@H](O)[C@H](O)CO)C[C@H](O)[C@@H](O)[C@H](O)[C@H](O)CO)nn1)NC(=O)CCCCCN1C(=O)C=CC1=O)C(=O)N[C@@H](CCCNC(N)=O)C(=O)Nc1ccc(CO)cc1. The molecule has 1 aliphatic heterocycles. The Hall–Kier alpha value is -7.10. The molecule has 676 valence electrons. The average molecular weight is 1700 g/mol. The molecular formula is C75H130N12O31. The van der Waals surface area contributed by atoms with Crippen LogP contribution in [-0.2, 0) is 110 Å². The number of nitrogens with two attached hydrogens (primary N) is 1. The number of amides is 9. The lowest BCUT2D eigenvalue weighted by molar-refractivity contribution is -0.137. The Labute approximate surface area is 687 Å². The van der Waals surface area contributed by atoms with Gasteiger partial charge in [0.1, 0.15) is 67.0 Å². The second-order valence-corrected chi connectivity index (χ2v) is 27.6. The number of hydrogen-bond acceptors (Lipinski definition) is 34. The molecular weight excluding hydrogens is 1560 g/mol. The summed E-state index contributed by atoms with van der Waals surface area (Å²) in [4.78, 5) is 106. The van der Waals surface area contributed by atoms with E-state index >= 15 is 0 Å². The van der Waals surface area contributed by atoms with Crippen molar-refractivity contribution in [2.75, 3.05) is 210 Å². The lowest BCUT2D eigenvalue weighted by Crippen LogP contribution is -2.57. The Morgan fingerprint density at radius 1 is 0.475 bits per heavy atom. The Balaban J connectivity index is 1.17. The van der Waals surface area contributed by atoms with Crippen molar-refractivity contribution in [1.82, 2.24) is 51.4 Å². The minimum atomic E-state index is -1.90. The molecule has 1 aromatic heterocycles. The standard InChI is InChI=1S/C75H130N12O31/c1-53(2)67(74(105)81-58(10-8-19-78-75(76)106)72(103)79-55-14-12-54(49-88)13-15-55)82-73(104)57(80-63(95)11-4-3-7-20-87-65(97)16-17-66(87)98)9-5-6-18-77-64(96)48-86-45-56(83-84-86)52-118-44-43-117-42-41-116-40-39-115-38-37-114-36-35-113-34-33-112-32-31-111-30-29-110-28-27-109-26-25-108-24-23-107-22-21-85(46-59(91)68(99)70(101)61(93)50-89)47-60(92)69(100)71(102)62(94)51-90/h12-17,45,53,57-62,67-71,88-94,99-102H,3-11,18-44,46-52H2,1-2H3,(H,77,96)(H,79,103)(H,80,95)(H,81,105)(H,82,104)(H3,76,78,106)/t57-,58-,59-,60-,61+,62+,67-,68+,69+,70+,71+/m0/s1. The number of nitrogens with one attached hydrogen (secondary N) is 6. The summed E-state index contributed by atoms with van der Waals surface area (Å²) in [7, 11) is 0. The smallest absolute Gasteiger partial charge is 0.312 e. The molecule has 0 saturated heterocycles. The molecule has 9 amide bonds. The number of primary amides is 1. The van der Waals surface area contributed by atoms with E-state index in [0.29, 0.717) is 168 Å². The molecule has 11 atom stereocenters. The van der Waals surface area contributed by atoms with Crippen LogP contribution < -0.4 is 37.6 Å². The van der Waals surface area contributed by atoms with Crippen molar-refractivity contribution < 1.29 is 151 Å². The second kappa shape index (κ2) is 65.6. The maximum Gasteiger partial charge on any atom is 0.312 e. The number of rotatable bonds is 76. The van der Waals surface area contributed by atoms with Gasteiger partial charge in [-0.15, -0.1) is 5.10 Å². The number of ether oxygens (including phenoxy) is 12. The van der Waals surface area contributed by atoms with Gasteiger partial charge in [-0.25, -0.2) is 9.48 Å². The summed E-state index contributed by atoms with van der Waals surface area (Å²) in [5, 5.41) is 133. The number of aromatic nitrogens is 3. The zero-order valence-electron chi connectivity index (χ0n) is 67.8. The molecule has 0 fully saturated rings. The minimum absolute atomic E-state index is 0.00764. The van der Waals surface area contributed by atoms with E-state index in [4.69, 9.17) is 72.8 Å². The van der Waals surface area contributed by atoms with E-state index < -0.39 is 141 Å². The van der Waals surface area contributed by atoms with E-state index in [0.717, 1.165) is 4.90 Å². The predicted molar refractivity (Wildman–Crippen MR) is 417 cm³/mol. The van der Waals surface area contributed by atoms with Crippen molar-refractivity contribution >= 4 is 53.1 Å². The molecule has 118 heavy (non-hydrogen) atoms. The molecule has 0 radical (unpaired) electrons. The number of aliphatic hydroxyl groups excluding tert-OH is 11. The predicted octanol–water partition coefficient (Wildman–Crippen LogP) is -6.39. The topological polar surface area (TPSA) is 605 Å². The van der Waals surface area contributed by atoms with Crippen LogP contribution in [0, 0.1) is 5.92 Å². The van der Waals surface area contributed by atoms with Crippen LogP contribution in [0.15, 0.2) is 42.6 Å². The third kappa shape index (κ3) is 48.4. The minimum Gasteiger partial charge on any atom is -0.394 e. The Bertz CT molecular complexity index is 3020. The van der Waals surface area contributed by atoms with Crippen molar-refractivity contribution in [2.45, 2.75) is 158 Å². The Morgan fingerprint density at radius 2 is 0.907 bits per heavy atom. The summed E-state index contributed by atoms with van der Waals surface area (Å²) in [6, 6.07) is 2.27. The maximum absolute atomic E-state index is 14.1. The number of unbranched alkanes of at least 4 members (excludes halogenated alkanes) is 3. The van der Waals surface area contributed by atoms with Gasteiger partial charge in [0.25, 0.3) is 11.8 Å². The first-order valence-corrected chi connectivity index (χ1v) is 39.8. The third-order valence-electron chi connectivity index (χ3n) is 17.7. The van der Waals surface area contributed by atoms with Gasteiger partial charge in [-0.2, -0.15) is 0 Å². The van der Waals surface area contributed by atoms with Gasteiger partial charge in [0, 0.05) is 63.5 Å². The molecule has 0 bridgehead atoms. The molecule has 1 aliphatic rings. The monoisotopic (exact) mass is 1690 g/mol. The van der Waals surface area contributed by atoms with Gasteiger partial charge in [-0.3, -0.25) is 43.4 Å². The lowest BCUT2D eigenvalue weighted by Gasteiger charge is -2.33. The van der Waals surface area contributed by atoms with Gasteiger partial charge in [0.05, 0.1) is 197 Å². The summed E-state index contributed by atoms with van der Waals surface area (Å²) >= 11 is 0. The molecule has 0 saturated carbocycles. The van der Waals surface area contributed by atoms with Crippen LogP contribution in [0.1, 0.15) is 82.9 Å². The molecule has 2 heterocycles. The number of hydrogen-bond donors (Lipinski definition) is 18. The van der Waals surface area contributed by atoms with E-state index in [1.165, 1.54) is 21.7 Å². The van der Waals surface area contributed by atoms with Crippen LogP contribution in [0.25, 0.3) is 0 Å². The van der Waals surface area contributed by atoms with E-state index in [1.807, 2.05) is 0 Å². The number of carbonyl (C=O) groups is 8. The summed E-state index contributed by atoms with van der Waals surface area (Å²) in [6.45, 7) is 8.63. The highest BCUT2D eigenvalue weighted by atomic mass is 16.6. The summed E-state index contributed by atoms with van der Waals surface area (Å²) in [6.07, 6.45) is -7.87. The van der Waals surface area contributed by atoms with Crippen LogP contribution in [0.3, 0.4) is 0 Å². The van der Waals surface area contributed by atoms with Gasteiger partial charge in [-0.05, 0) is 68.6 Å². The normalized spacial score (nSPS) is 15.2. The summed E-state index contributed by atoms with van der Waals surface area (Å²) in [5.41, 5.74) is 6.73. The van der Waals surface area contributed by atoms with E-state index in [2.05, 4.69) is 42.2 Å². The first-order chi connectivity index (χ1) is 56.9. The van der Waals surface area contributed by atoms with Crippen molar-refractivity contribution in [3.63, 3.8) is 0 Å². The lowest BCUT2D eigenvalue weighted by atomic mass is 10.0. The maximum atomic E-state index is 14.1. The first-order valence-electron chi connectivity index (χ1n) is 39.8. The van der Waals surface area contributed by atoms with Gasteiger partial charge < -0.3 is 151 Å². The number of benzene rings is 1. The van der Waals surface area contributed by atoms with Crippen LogP contribution in [0.2, 0.25) is 0 Å². The number of carbonyl (C=O) groups excluding carboxylic acids is 8. The fraction of sp³-hybridized carbons (Fsp3) is 0.760. The highest BCUT2D eigenvalue weighted by molar-refractivity contribution is 6.12. The van der Waals surface area contributed by atoms with Crippen LogP contribution >= 0.6 is 0 Å². The van der Waals surface area contributed by atoms with Crippen molar-refractivity contribution in [2.24, 2.45) is 11.7 Å². The molecule has 43 heteroatoms. The molecule has 3 rings (SSSR count). The molecule has 1 aromatic carbocycles. The first kappa shape index (κ1) is 105. The fourth-order valence-corrected chi connectivity index (χ4v) is 11.0. The van der Waals surface area contributed by atoms with Gasteiger partial charge in [0.15, 0.2) is 0 Å². The Morgan fingerprint density at radius 3 is 1.36 bits per heavy atom. The highest BCUT2D eigenvalue weighted by Crippen LogP contribution is 2.16. The van der Waals surface area contributed by atoms with Crippen molar-refractivity contribution in [3.8, 4) is 0 Å². The third-order valence-corrected chi connectivity index (χ3v) is 17.7. The number of imide groups is 1. The van der Waals surface area contributed by atoms with Crippen molar-refractivity contribution in [1.29, 1.82) is 0 Å². The molecule has 19 N–H and O–H groups in total. The molecule has 0 unspecified atom stereocenters. The highest BCUT2D eigenvalue weighted by Gasteiger charge is 2.36. The molecule has 2 aromatic rings. The number of aliphatic hydroxyl groups is 11. The van der Waals surface area contributed by atoms with Crippen LogP contribution in [-0.4, -0.2) is 400 Å². The molecule has 0 aliphatic carbocycles. The largest absolute Gasteiger partial charge is 0.394 e. The van der Waals surface area contributed by atoms with Gasteiger partial charge >= 0.3 is 6.03 Å². The zero-order chi connectivity index (χ0) is 86.5. The molecule has 43 nitrogen and oxygen atoms in total. The van der Waals surface area contributed by atoms with Gasteiger partial charge in [0.2, 0.25) is 29.5 Å². The quantitative estimate of drug-likeness (QED) is 0.0216. The van der Waals surface area contributed by atoms with E-state index in [1.54, 1.807) is 44.3 Å². The fourth-order valence-electron chi connectivity index (χ4n) is 11.0. The number of urea groups is 1. The van der Waals surface area contributed by atoms with E-state index in [-0.39, 0.29) is 111 Å². The van der Waals surface area contributed by atoms with Crippen molar-refractivity contribution in [3.05, 3.63) is 53.9 Å². The second-order valence-electron chi connectivity index (χ2n) is 27.6. The number of anilines is 1. The summed E-state index contributed by atoms with van der Waals surface area (Å²) in [5.74, 6) is -4.01. The number of nitrogens with zero attached hydrogens (tertiary/aromatic N) is 5. The van der Waals surface area contributed by atoms with E-state index in [9.17, 15) is 84.3 Å². The van der Waals surface area contributed by atoms with Crippen LogP contribution in [0.5, 0.6) is 0 Å². The average Bonchev–Trinajstić information content (AvgIpc) is 1.21. The Kier molecular flexibility index (Phi) is 58.5. The van der Waals surface area contributed by atoms with Crippen LogP contribution in [0.4, 0.5) is 10.5 Å². The molecule has 0 spiro atoms. The van der Waals surface area contributed by atoms with Gasteiger partial charge in [-0.1, -0.05) is 37.6 Å². The zero-order valence-corrected chi connectivity index (χ0v) is 67.8.